The number of nitrogens with two attached hydrogens (primary N) is 1. The third-order valence-electron chi connectivity index (χ3n) is 5.28. The lowest BCUT2D eigenvalue weighted by molar-refractivity contribution is -0.140. The summed E-state index contributed by atoms with van der Waals surface area (Å²) in [5, 5.41) is 0.624. The number of ether oxygens (including phenoxy) is 2. The minimum Gasteiger partial charge on any atom is -0.496 e. The summed E-state index contributed by atoms with van der Waals surface area (Å²) >= 11 is 6.17. The average molecular weight is 441 g/mol. The third-order valence-corrected chi connectivity index (χ3v) is 5.51. The quantitative estimate of drug-likeness (QED) is 0.527. The molecule has 3 rings (SSSR count). The fourth-order valence-corrected chi connectivity index (χ4v) is 4.07. The number of primary amides is 1. The molecule has 0 aliphatic heterocycles. The Morgan fingerprint density at radius 2 is 1.84 bits per heavy atom. The van der Waals surface area contributed by atoms with Crippen molar-refractivity contribution in [1.29, 1.82) is 0 Å². The van der Waals surface area contributed by atoms with Gasteiger partial charge in [-0.05, 0) is 37.1 Å². The number of amides is 1. The Bertz CT molecular complexity index is 1120. The number of hydrogen-bond donors (Lipinski definition) is 1. The van der Waals surface area contributed by atoms with E-state index in [4.69, 9.17) is 26.8 Å². The van der Waals surface area contributed by atoms with E-state index >= 15 is 0 Å². The van der Waals surface area contributed by atoms with Crippen LogP contribution in [-0.4, -0.2) is 30.7 Å². The van der Waals surface area contributed by atoms with Crippen molar-refractivity contribution in [3.63, 3.8) is 0 Å². The van der Waals surface area contributed by atoms with Crippen molar-refractivity contribution in [3.8, 4) is 16.9 Å². The molecule has 7 heteroatoms. The van der Waals surface area contributed by atoms with Crippen molar-refractivity contribution in [2.24, 2.45) is 5.73 Å². The van der Waals surface area contributed by atoms with Crippen LogP contribution in [0.4, 0.5) is 0 Å². The molecule has 0 spiro atoms. The predicted molar refractivity (Wildman–Crippen MR) is 121 cm³/mol. The molecule has 0 bridgehead atoms. The monoisotopic (exact) mass is 440 g/mol. The number of carbonyl (C=O) groups is 2. The highest BCUT2D eigenvalue weighted by molar-refractivity contribution is 6.30. The Kier molecular flexibility index (Phi) is 7.02. The molecule has 0 saturated heterocycles. The van der Waals surface area contributed by atoms with E-state index in [-0.39, 0.29) is 12.4 Å². The molecule has 1 heterocycles. The van der Waals surface area contributed by atoms with Gasteiger partial charge in [-0.15, -0.1) is 0 Å². The Morgan fingerprint density at radius 3 is 2.48 bits per heavy atom. The van der Waals surface area contributed by atoms with Gasteiger partial charge in [0, 0.05) is 34.1 Å². The van der Waals surface area contributed by atoms with Crippen molar-refractivity contribution in [2.45, 2.75) is 26.3 Å². The smallest absolute Gasteiger partial charge is 0.305 e. The van der Waals surface area contributed by atoms with Gasteiger partial charge in [0.05, 0.1) is 26.2 Å². The van der Waals surface area contributed by atoms with Gasteiger partial charge in [-0.2, -0.15) is 0 Å². The summed E-state index contributed by atoms with van der Waals surface area (Å²) in [5.41, 5.74) is 10.1. The molecule has 0 saturated carbocycles. The van der Waals surface area contributed by atoms with E-state index in [9.17, 15) is 9.59 Å². The molecule has 0 aliphatic rings. The molecule has 0 radical (unpaired) electrons. The maximum absolute atomic E-state index is 12.5. The largest absolute Gasteiger partial charge is 0.496 e. The molecule has 0 aliphatic carbocycles. The van der Waals surface area contributed by atoms with E-state index in [0.29, 0.717) is 40.6 Å². The third kappa shape index (κ3) is 4.75. The summed E-state index contributed by atoms with van der Waals surface area (Å²) in [6.07, 6.45) is 0.532. The van der Waals surface area contributed by atoms with Gasteiger partial charge in [0.15, 0.2) is 0 Å². The summed E-state index contributed by atoms with van der Waals surface area (Å²) < 4.78 is 12.4. The van der Waals surface area contributed by atoms with Crippen LogP contribution in [0.5, 0.6) is 5.75 Å². The second kappa shape index (κ2) is 9.71. The van der Waals surface area contributed by atoms with E-state index in [0.717, 1.165) is 16.8 Å². The molecule has 162 valence electrons. The summed E-state index contributed by atoms with van der Waals surface area (Å²) in [6.45, 7) is 2.32. The molecule has 3 aromatic rings. The van der Waals surface area contributed by atoms with Crippen LogP contribution in [0, 0.1) is 6.92 Å². The first-order valence-corrected chi connectivity index (χ1v) is 10.2. The summed E-state index contributed by atoms with van der Waals surface area (Å²) in [7, 11) is 2.93. The van der Waals surface area contributed by atoms with Gasteiger partial charge in [0.25, 0.3) is 5.91 Å². The van der Waals surface area contributed by atoms with Crippen molar-refractivity contribution in [2.75, 3.05) is 14.2 Å². The maximum atomic E-state index is 12.5. The highest BCUT2D eigenvalue weighted by Gasteiger charge is 2.27. The highest BCUT2D eigenvalue weighted by atomic mass is 35.5. The summed E-state index contributed by atoms with van der Waals surface area (Å²) in [6, 6.07) is 15.0. The molecule has 0 atom stereocenters. The minimum absolute atomic E-state index is 0.163. The van der Waals surface area contributed by atoms with Crippen LogP contribution in [0.15, 0.2) is 48.5 Å². The molecule has 1 amide bonds. The molecule has 2 N–H and O–H groups in total. The van der Waals surface area contributed by atoms with Crippen LogP contribution in [-0.2, 0) is 22.5 Å². The lowest BCUT2D eigenvalue weighted by Crippen LogP contribution is -2.13. The lowest BCUT2D eigenvalue weighted by Gasteiger charge is -2.15. The fourth-order valence-electron chi connectivity index (χ4n) is 3.85. The second-order valence-corrected chi connectivity index (χ2v) is 7.58. The standard InChI is InChI=1S/C24H25ClN2O4/c1-15-22(24(26)29)23(18-9-4-5-10-20(18)30-2)19(11-12-21(28)31-3)27(15)14-16-7-6-8-17(25)13-16/h4-10,13H,11-12,14H2,1-3H3,(H2,26,29). The van der Waals surface area contributed by atoms with Gasteiger partial charge in [0.2, 0.25) is 0 Å². The lowest BCUT2D eigenvalue weighted by atomic mass is 9.97. The molecule has 1 aromatic heterocycles. The average Bonchev–Trinajstić information content (AvgIpc) is 3.03. The zero-order chi connectivity index (χ0) is 22.5. The van der Waals surface area contributed by atoms with Crippen molar-refractivity contribution < 1.29 is 19.1 Å². The van der Waals surface area contributed by atoms with Gasteiger partial charge < -0.3 is 19.8 Å². The Labute approximate surface area is 186 Å². The van der Waals surface area contributed by atoms with Gasteiger partial charge in [-0.25, -0.2) is 0 Å². The number of hydrogen-bond acceptors (Lipinski definition) is 4. The first-order chi connectivity index (χ1) is 14.9. The molecule has 0 fully saturated rings. The number of nitrogens with zero attached hydrogens (tertiary/aromatic N) is 1. The summed E-state index contributed by atoms with van der Waals surface area (Å²) in [5.74, 6) is -0.258. The van der Waals surface area contributed by atoms with Crippen LogP contribution in [0.2, 0.25) is 5.02 Å². The minimum atomic E-state index is -0.539. The maximum Gasteiger partial charge on any atom is 0.305 e. The molecule has 31 heavy (non-hydrogen) atoms. The summed E-state index contributed by atoms with van der Waals surface area (Å²) in [4.78, 5) is 24.5. The molecular formula is C24H25ClN2O4. The van der Waals surface area contributed by atoms with Crippen LogP contribution in [0.1, 0.15) is 33.7 Å². The fraction of sp³-hybridized carbons (Fsp3) is 0.250. The van der Waals surface area contributed by atoms with Crippen LogP contribution in [0.3, 0.4) is 0 Å². The number of carbonyl (C=O) groups excluding carboxylic acids is 2. The van der Waals surface area contributed by atoms with E-state index in [1.165, 1.54) is 7.11 Å². The number of aromatic nitrogens is 1. The number of benzene rings is 2. The van der Waals surface area contributed by atoms with E-state index in [1.54, 1.807) is 13.2 Å². The molecule has 0 unspecified atom stereocenters. The van der Waals surface area contributed by atoms with Crippen LogP contribution in [0.25, 0.3) is 11.1 Å². The number of methoxy groups -OCH3 is 2. The highest BCUT2D eigenvalue weighted by Crippen LogP contribution is 2.39. The van der Waals surface area contributed by atoms with Crippen molar-refractivity contribution >= 4 is 23.5 Å². The SMILES string of the molecule is COC(=O)CCc1c(-c2ccccc2OC)c(C(N)=O)c(C)n1Cc1cccc(Cl)c1. The van der Waals surface area contributed by atoms with Gasteiger partial charge in [0.1, 0.15) is 5.75 Å². The Hall–Kier alpha value is -3.25. The molecule has 6 nitrogen and oxygen atoms in total. The zero-order valence-corrected chi connectivity index (χ0v) is 18.5. The van der Waals surface area contributed by atoms with Gasteiger partial charge >= 0.3 is 5.97 Å². The van der Waals surface area contributed by atoms with Crippen molar-refractivity contribution in [3.05, 3.63) is 76.1 Å². The van der Waals surface area contributed by atoms with Crippen LogP contribution < -0.4 is 10.5 Å². The first-order valence-electron chi connectivity index (χ1n) is 9.83. The van der Waals surface area contributed by atoms with E-state index in [1.807, 2.05) is 54.0 Å². The van der Waals surface area contributed by atoms with Gasteiger partial charge in [-0.3, -0.25) is 9.59 Å². The van der Waals surface area contributed by atoms with E-state index in [2.05, 4.69) is 0 Å². The number of rotatable bonds is 8. The Morgan fingerprint density at radius 1 is 1.10 bits per heavy atom. The Balaban J connectivity index is 2.26. The number of esters is 1. The molecular weight excluding hydrogens is 416 g/mol. The predicted octanol–water partition coefficient (Wildman–Crippen LogP) is 4.38. The van der Waals surface area contributed by atoms with Crippen LogP contribution >= 0.6 is 11.6 Å². The number of halogens is 1. The first kappa shape index (κ1) is 22.4. The van der Waals surface area contributed by atoms with Crippen molar-refractivity contribution in [1.82, 2.24) is 4.57 Å². The second-order valence-electron chi connectivity index (χ2n) is 7.14. The normalized spacial score (nSPS) is 10.7. The molecule has 2 aromatic carbocycles. The zero-order valence-electron chi connectivity index (χ0n) is 17.8. The van der Waals surface area contributed by atoms with Gasteiger partial charge in [-0.1, -0.05) is 41.9 Å². The van der Waals surface area contributed by atoms with E-state index < -0.39 is 5.91 Å². The number of para-hydroxylation sites is 1. The topological polar surface area (TPSA) is 83.6 Å².